The maximum Gasteiger partial charge on any atom is 0.231 e. The van der Waals surface area contributed by atoms with Crippen LogP contribution in [-0.2, 0) is 16.1 Å². The van der Waals surface area contributed by atoms with Crippen molar-refractivity contribution in [2.45, 2.75) is 34.2 Å². The molecule has 0 bridgehead atoms. The van der Waals surface area contributed by atoms with Crippen molar-refractivity contribution in [2.75, 3.05) is 24.5 Å². The van der Waals surface area contributed by atoms with Crippen LogP contribution in [0, 0.1) is 5.92 Å². The van der Waals surface area contributed by atoms with Crippen LogP contribution < -0.4 is 10.6 Å². The number of hydrogen-bond donors (Lipinski definition) is 1. The van der Waals surface area contributed by atoms with Gasteiger partial charge in [0, 0.05) is 31.9 Å². The summed E-state index contributed by atoms with van der Waals surface area (Å²) in [6.07, 6.45) is 0. The van der Waals surface area contributed by atoms with Gasteiger partial charge in [-0.1, -0.05) is 13.8 Å². The smallest absolute Gasteiger partial charge is 0.231 e. The second-order valence-electron chi connectivity index (χ2n) is 5.41. The minimum Gasteiger partial charge on any atom is -0.369 e. The largest absolute Gasteiger partial charge is 0.369 e. The lowest BCUT2D eigenvalue weighted by molar-refractivity contribution is -0.119. The van der Waals surface area contributed by atoms with E-state index in [0.29, 0.717) is 24.1 Å². The number of nitrogens with zero attached hydrogens (tertiary/aromatic N) is 3. The lowest BCUT2D eigenvalue weighted by Crippen LogP contribution is -2.35. The van der Waals surface area contributed by atoms with Crippen molar-refractivity contribution in [1.82, 2.24) is 9.88 Å². The summed E-state index contributed by atoms with van der Waals surface area (Å²) in [4.78, 5) is 30.8. The fraction of sp³-hybridized carbons (Fsp3) is 0.643. The summed E-state index contributed by atoms with van der Waals surface area (Å²) in [6, 6.07) is 0. The maximum atomic E-state index is 11.5. The van der Waals surface area contributed by atoms with Crippen molar-refractivity contribution in [2.24, 2.45) is 11.7 Å². The molecule has 2 amide bonds. The second-order valence-corrected chi connectivity index (χ2v) is 6.25. The summed E-state index contributed by atoms with van der Waals surface area (Å²) in [7, 11) is 0. The van der Waals surface area contributed by atoms with E-state index in [1.165, 1.54) is 18.3 Å². The number of aromatic nitrogens is 1. The molecule has 0 fully saturated rings. The van der Waals surface area contributed by atoms with E-state index in [2.05, 4.69) is 18.8 Å². The van der Waals surface area contributed by atoms with Gasteiger partial charge in [-0.2, -0.15) is 0 Å². The number of rotatable bonds is 8. The van der Waals surface area contributed by atoms with E-state index in [9.17, 15) is 9.59 Å². The van der Waals surface area contributed by atoms with Gasteiger partial charge in [-0.25, -0.2) is 4.98 Å². The fourth-order valence-corrected chi connectivity index (χ4v) is 3.06. The van der Waals surface area contributed by atoms with Crippen LogP contribution >= 0.6 is 11.3 Å². The van der Waals surface area contributed by atoms with E-state index in [0.717, 1.165) is 12.2 Å². The van der Waals surface area contributed by atoms with Crippen molar-refractivity contribution >= 4 is 28.3 Å². The third-order valence-electron chi connectivity index (χ3n) is 2.86. The molecule has 6 nitrogen and oxygen atoms in total. The van der Waals surface area contributed by atoms with Gasteiger partial charge in [0.2, 0.25) is 11.8 Å². The molecule has 0 aliphatic rings. The van der Waals surface area contributed by atoms with Crippen LogP contribution in [0.15, 0.2) is 5.38 Å². The molecule has 7 heteroatoms. The molecule has 1 rings (SSSR count). The molecule has 0 aliphatic carbocycles. The molecule has 0 saturated carbocycles. The van der Waals surface area contributed by atoms with Crippen LogP contribution in [0.1, 0.15) is 33.4 Å². The number of carbonyl (C=O) groups excluding carboxylic acids is 2. The number of carbonyl (C=O) groups is 2. The molecule has 21 heavy (non-hydrogen) atoms. The topological polar surface area (TPSA) is 79.5 Å². The highest BCUT2D eigenvalue weighted by molar-refractivity contribution is 7.14. The molecule has 118 valence electrons. The molecular formula is C14H24N4O2S. The molecule has 0 radical (unpaired) electrons. The number of anilines is 1. The predicted molar refractivity (Wildman–Crippen MR) is 85.1 cm³/mol. The highest BCUT2D eigenvalue weighted by atomic mass is 32.1. The standard InChI is InChI=1S/C14H24N4O2S/c1-5-18(11(4)19)14-16-12(9-21-14)7-17(6-10(2)3)8-13(15)20/h9-10H,5-8H2,1-4H3,(H2,15,20). The van der Waals surface area contributed by atoms with E-state index in [-0.39, 0.29) is 18.4 Å². The number of thiazole rings is 1. The third kappa shape index (κ3) is 5.81. The number of amides is 2. The predicted octanol–water partition coefficient (Wildman–Crippen LogP) is 1.46. The van der Waals surface area contributed by atoms with Gasteiger partial charge >= 0.3 is 0 Å². The lowest BCUT2D eigenvalue weighted by Gasteiger charge is -2.21. The number of hydrogen-bond acceptors (Lipinski definition) is 5. The van der Waals surface area contributed by atoms with Gasteiger partial charge in [-0.05, 0) is 12.8 Å². The quantitative estimate of drug-likeness (QED) is 0.788. The van der Waals surface area contributed by atoms with E-state index in [4.69, 9.17) is 5.73 Å². The van der Waals surface area contributed by atoms with Crippen LogP contribution in [0.25, 0.3) is 0 Å². The van der Waals surface area contributed by atoms with Crippen molar-refractivity contribution in [1.29, 1.82) is 0 Å². The Morgan fingerprint density at radius 3 is 2.57 bits per heavy atom. The molecule has 0 aromatic carbocycles. The molecule has 0 unspecified atom stereocenters. The average Bonchev–Trinajstić information content (AvgIpc) is 2.75. The summed E-state index contributed by atoms with van der Waals surface area (Å²) in [5, 5.41) is 2.62. The monoisotopic (exact) mass is 312 g/mol. The van der Waals surface area contributed by atoms with Crippen LogP contribution in [0.2, 0.25) is 0 Å². The third-order valence-corrected chi connectivity index (χ3v) is 3.77. The zero-order valence-corrected chi connectivity index (χ0v) is 13.9. The summed E-state index contributed by atoms with van der Waals surface area (Å²) in [5.41, 5.74) is 6.14. The zero-order chi connectivity index (χ0) is 16.0. The first kappa shape index (κ1) is 17.6. The average molecular weight is 312 g/mol. The van der Waals surface area contributed by atoms with Gasteiger partial charge in [0.05, 0.1) is 12.2 Å². The van der Waals surface area contributed by atoms with Gasteiger partial charge in [-0.3, -0.25) is 19.4 Å². The van der Waals surface area contributed by atoms with E-state index in [1.807, 2.05) is 17.2 Å². The first-order valence-corrected chi connectivity index (χ1v) is 7.94. The molecule has 0 aliphatic heterocycles. The summed E-state index contributed by atoms with van der Waals surface area (Å²) < 4.78 is 0. The van der Waals surface area contributed by atoms with Crippen molar-refractivity contribution in [3.05, 3.63) is 11.1 Å². The van der Waals surface area contributed by atoms with Gasteiger partial charge in [-0.15, -0.1) is 11.3 Å². The van der Waals surface area contributed by atoms with Crippen LogP contribution in [0.3, 0.4) is 0 Å². The minimum absolute atomic E-state index is 0.0189. The summed E-state index contributed by atoms with van der Waals surface area (Å²) in [6.45, 7) is 9.79. The normalized spacial score (nSPS) is 11.1. The highest BCUT2D eigenvalue weighted by Gasteiger charge is 2.16. The van der Waals surface area contributed by atoms with Gasteiger partial charge in [0.25, 0.3) is 0 Å². The Bertz CT molecular complexity index is 487. The Balaban J connectivity index is 2.78. The minimum atomic E-state index is -0.343. The Kier molecular flexibility index (Phi) is 6.77. The Morgan fingerprint density at radius 2 is 2.10 bits per heavy atom. The van der Waals surface area contributed by atoms with Crippen molar-refractivity contribution in [3.63, 3.8) is 0 Å². The molecular weight excluding hydrogens is 288 g/mol. The lowest BCUT2D eigenvalue weighted by atomic mass is 10.2. The second kappa shape index (κ2) is 8.09. The van der Waals surface area contributed by atoms with Crippen LogP contribution in [0.5, 0.6) is 0 Å². The molecule has 1 heterocycles. The molecule has 0 spiro atoms. The van der Waals surface area contributed by atoms with Crippen LogP contribution in [-0.4, -0.2) is 41.3 Å². The Morgan fingerprint density at radius 1 is 1.43 bits per heavy atom. The SMILES string of the molecule is CCN(C(C)=O)c1nc(CN(CC(N)=O)CC(C)C)cs1. The zero-order valence-electron chi connectivity index (χ0n) is 13.1. The van der Waals surface area contributed by atoms with E-state index >= 15 is 0 Å². The summed E-state index contributed by atoms with van der Waals surface area (Å²) >= 11 is 1.44. The first-order valence-electron chi connectivity index (χ1n) is 7.06. The Labute approximate surface area is 129 Å². The molecule has 1 aromatic rings. The van der Waals surface area contributed by atoms with Crippen LogP contribution in [0.4, 0.5) is 5.13 Å². The van der Waals surface area contributed by atoms with Gasteiger partial charge in [0.15, 0.2) is 5.13 Å². The van der Waals surface area contributed by atoms with Crippen molar-refractivity contribution in [3.8, 4) is 0 Å². The molecule has 0 atom stereocenters. The number of nitrogens with two attached hydrogens (primary N) is 1. The Hall–Kier alpha value is -1.47. The van der Waals surface area contributed by atoms with Gasteiger partial charge in [0.1, 0.15) is 0 Å². The van der Waals surface area contributed by atoms with E-state index < -0.39 is 0 Å². The number of primary amides is 1. The highest BCUT2D eigenvalue weighted by Crippen LogP contribution is 2.21. The molecule has 0 saturated heterocycles. The molecule has 2 N–H and O–H groups in total. The van der Waals surface area contributed by atoms with Crippen molar-refractivity contribution < 1.29 is 9.59 Å². The summed E-state index contributed by atoms with van der Waals surface area (Å²) in [5.74, 6) is 0.0754. The maximum absolute atomic E-state index is 11.5. The molecule has 1 aromatic heterocycles. The first-order chi connectivity index (χ1) is 9.83. The van der Waals surface area contributed by atoms with Gasteiger partial charge < -0.3 is 5.73 Å². The fourth-order valence-electron chi connectivity index (χ4n) is 2.14. The van der Waals surface area contributed by atoms with E-state index in [1.54, 1.807) is 4.90 Å².